The highest BCUT2D eigenvalue weighted by Gasteiger charge is 2.16. The normalized spacial score (nSPS) is 15.4. The number of benzene rings is 1. The van der Waals surface area contributed by atoms with E-state index in [4.69, 9.17) is 15.2 Å². The monoisotopic (exact) mass is 292 g/mol. The molecule has 0 saturated carbocycles. The molecule has 21 heavy (non-hydrogen) atoms. The highest BCUT2D eigenvalue weighted by Crippen LogP contribution is 2.22. The van der Waals surface area contributed by atoms with Crippen LogP contribution in [0.25, 0.3) is 0 Å². The fourth-order valence-electron chi connectivity index (χ4n) is 2.51. The van der Waals surface area contributed by atoms with Crippen LogP contribution in [-0.4, -0.2) is 37.6 Å². The summed E-state index contributed by atoms with van der Waals surface area (Å²) in [6.45, 7) is 2.16. The molecule has 0 atom stereocenters. The summed E-state index contributed by atoms with van der Waals surface area (Å²) in [5.41, 5.74) is 6.57. The van der Waals surface area contributed by atoms with Gasteiger partial charge in [0.25, 0.3) is 5.91 Å². The predicted octanol–water partition coefficient (Wildman–Crippen LogP) is 1.94. The maximum Gasteiger partial charge on any atom is 0.260 e. The number of hydrogen-bond acceptors (Lipinski definition) is 4. The lowest BCUT2D eigenvalue weighted by molar-refractivity contribution is -0.133. The lowest BCUT2D eigenvalue weighted by Crippen LogP contribution is -2.35. The average molecular weight is 292 g/mol. The Morgan fingerprint density at radius 3 is 2.43 bits per heavy atom. The van der Waals surface area contributed by atoms with E-state index in [9.17, 15) is 4.79 Å². The fourth-order valence-corrected chi connectivity index (χ4v) is 2.51. The maximum atomic E-state index is 12.2. The summed E-state index contributed by atoms with van der Waals surface area (Å²) in [4.78, 5) is 14.1. The highest BCUT2D eigenvalue weighted by atomic mass is 16.5. The third-order valence-electron chi connectivity index (χ3n) is 3.73. The van der Waals surface area contributed by atoms with Gasteiger partial charge in [0.15, 0.2) is 6.61 Å². The van der Waals surface area contributed by atoms with Crippen LogP contribution in [0.1, 0.15) is 31.2 Å². The van der Waals surface area contributed by atoms with E-state index in [1.54, 1.807) is 13.2 Å². The van der Waals surface area contributed by atoms with E-state index in [0.29, 0.717) is 18.0 Å². The molecule has 0 aliphatic carbocycles. The van der Waals surface area contributed by atoms with E-state index in [1.807, 2.05) is 17.0 Å². The van der Waals surface area contributed by atoms with Gasteiger partial charge in [-0.05, 0) is 30.5 Å². The molecule has 5 heteroatoms. The van der Waals surface area contributed by atoms with E-state index >= 15 is 0 Å². The van der Waals surface area contributed by atoms with Crippen molar-refractivity contribution in [2.24, 2.45) is 5.73 Å². The Kier molecular flexibility index (Phi) is 5.87. The molecule has 0 bridgehead atoms. The molecule has 1 aromatic carbocycles. The quantitative estimate of drug-likeness (QED) is 0.900. The predicted molar refractivity (Wildman–Crippen MR) is 81.4 cm³/mol. The molecule has 1 aliphatic heterocycles. The second-order valence-electron chi connectivity index (χ2n) is 5.30. The van der Waals surface area contributed by atoms with E-state index < -0.39 is 0 Å². The van der Waals surface area contributed by atoms with Gasteiger partial charge in [0.2, 0.25) is 0 Å². The number of rotatable bonds is 5. The first kappa shape index (κ1) is 15.6. The minimum atomic E-state index is 0.0500. The smallest absolute Gasteiger partial charge is 0.260 e. The number of nitrogens with two attached hydrogens (primary N) is 1. The van der Waals surface area contributed by atoms with Crippen molar-refractivity contribution in [3.8, 4) is 11.5 Å². The molecule has 1 heterocycles. The van der Waals surface area contributed by atoms with Gasteiger partial charge in [-0.15, -0.1) is 0 Å². The molecule has 116 valence electrons. The summed E-state index contributed by atoms with van der Waals surface area (Å²) >= 11 is 0. The van der Waals surface area contributed by atoms with Gasteiger partial charge in [-0.2, -0.15) is 0 Å². The third-order valence-corrected chi connectivity index (χ3v) is 3.73. The van der Waals surface area contributed by atoms with Crippen LogP contribution in [0, 0.1) is 0 Å². The maximum absolute atomic E-state index is 12.2. The van der Waals surface area contributed by atoms with Gasteiger partial charge in [-0.25, -0.2) is 0 Å². The van der Waals surface area contributed by atoms with Crippen molar-refractivity contribution in [2.45, 2.75) is 32.2 Å². The second kappa shape index (κ2) is 7.88. The van der Waals surface area contributed by atoms with Crippen molar-refractivity contribution in [3.63, 3.8) is 0 Å². The lowest BCUT2D eigenvalue weighted by Gasteiger charge is -2.20. The van der Waals surface area contributed by atoms with Crippen LogP contribution in [0.3, 0.4) is 0 Å². The van der Waals surface area contributed by atoms with E-state index in [0.717, 1.165) is 31.5 Å². The van der Waals surface area contributed by atoms with Gasteiger partial charge in [-0.3, -0.25) is 4.79 Å². The Hall–Kier alpha value is -1.75. The molecule has 0 radical (unpaired) electrons. The Bertz CT molecular complexity index is 446. The number of nitrogens with zero attached hydrogens (tertiary/aromatic N) is 1. The molecule has 0 unspecified atom stereocenters. The van der Waals surface area contributed by atoms with Crippen molar-refractivity contribution in [3.05, 3.63) is 23.8 Å². The summed E-state index contributed by atoms with van der Waals surface area (Å²) in [5, 5.41) is 0. The summed E-state index contributed by atoms with van der Waals surface area (Å²) in [5.74, 6) is 1.36. The number of carbonyl (C=O) groups excluding carboxylic acids is 1. The van der Waals surface area contributed by atoms with Crippen LogP contribution < -0.4 is 15.2 Å². The molecule has 1 amide bonds. The minimum Gasteiger partial charge on any atom is -0.497 e. The van der Waals surface area contributed by atoms with Gasteiger partial charge in [0.1, 0.15) is 11.5 Å². The van der Waals surface area contributed by atoms with Crippen molar-refractivity contribution in [1.29, 1.82) is 0 Å². The Morgan fingerprint density at radius 1 is 1.14 bits per heavy atom. The van der Waals surface area contributed by atoms with Crippen LogP contribution in [0.15, 0.2) is 18.2 Å². The number of methoxy groups -OCH3 is 1. The van der Waals surface area contributed by atoms with Crippen LogP contribution in [0.4, 0.5) is 0 Å². The van der Waals surface area contributed by atoms with Crippen molar-refractivity contribution < 1.29 is 14.3 Å². The zero-order valence-electron chi connectivity index (χ0n) is 12.6. The summed E-state index contributed by atoms with van der Waals surface area (Å²) in [7, 11) is 1.60. The molecular formula is C16H24N2O3. The molecule has 2 N–H and O–H groups in total. The topological polar surface area (TPSA) is 64.8 Å². The first-order chi connectivity index (χ1) is 10.2. The van der Waals surface area contributed by atoms with Gasteiger partial charge in [-0.1, -0.05) is 12.8 Å². The van der Waals surface area contributed by atoms with Crippen LogP contribution in [0.2, 0.25) is 0 Å². The minimum absolute atomic E-state index is 0.0500. The largest absolute Gasteiger partial charge is 0.497 e. The number of hydrogen-bond donors (Lipinski definition) is 1. The molecule has 1 fully saturated rings. The van der Waals surface area contributed by atoms with Gasteiger partial charge in [0.05, 0.1) is 7.11 Å². The summed E-state index contributed by atoms with van der Waals surface area (Å²) in [6, 6.07) is 5.48. The van der Waals surface area contributed by atoms with Gasteiger partial charge >= 0.3 is 0 Å². The van der Waals surface area contributed by atoms with Crippen LogP contribution >= 0.6 is 0 Å². The van der Waals surface area contributed by atoms with Crippen molar-refractivity contribution >= 4 is 5.91 Å². The number of amides is 1. The molecule has 1 aliphatic rings. The zero-order valence-corrected chi connectivity index (χ0v) is 12.6. The highest BCUT2D eigenvalue weighted by molar-refractivity contribution is 5.77. The molecule has 2 rings (SSSR count). The molecule has 0 aromatic heterocycles. The zero-order chi connectivity index (χ0) is 15.1. The molecular weight excluding hydrogens is 268 g/mol. The lowest BCUT2D eigenvalue weighted by atomic mass is 10.2. The Balaban J connectivity index is 1.93. The van der Waals surface area contributed by atoms with E-state index in [2.05, 4.69) is 0 Å². The fraction of sp³-hybridized carbons (Fsp3) is 0.562. The van der Waals surface area contributed by atoms with E-state index in [1.165, 1.54) is 12.8 Å². The van der Waals surface area contributed by atoms with Gasteiger partial charge < -0.3 is 20.1 Å². The van der Waals surface area contributed by atoms with Gasteiger partial charge in [0, 0.05) is 25.7 Å². The molecule has 1 aromatic rings. The standard InChI is InChI=1S/C16H24N2O3/c1-20-14-8-13(11-17)9-15(10-14)21-12-16(19)18-6-4-2-3-5-7-18/h8-10H,2-7,11-12,17H2,1H3. The second-order valence-corrected chi connectivity index (χ2v) is 5.30. The van der Waals surface area contributed by atoms with Crippen LogP contribution in [0.5, 0.6) is 11.5 Å². The molecule has 0 spiro atoms. The average Bonchev–Trinajstić information content (AvgIpc) is 2.81. The van der Waals surface area contributed by atoms with Crippen LogP contribution in [-0.2, 0) is 11.3 Å². The Labute approximate surface area is 126 Å². The SMILES string of the molecule is COc1cc(CN)cc(OCC(=O)N2CCCCCC2)c1. The van der Waals surface area contributed by atoms with Crippen molar-refractivity contribution in [1.82, 2.24) is 4.90 Å². The third kappa shape index (κ3) is 4.63. The number of ether oxygens (including phenoxy) is 2. The summed E-state index contributed by atoms with van der Waals surface area (Å²) in [6.07, 6.45) is 4.59. The molecule has 1 saturated heterocycles. The van der Waals surface area contributed by atoms with Crippen molar-refractivity contribution in [2.75, 3.05) is 26.8 Å². The Morgan fingerprint density at radius 2 is 1.81 bits per heavy atom. The first-order valence-electron chi connectivity index (χ1n) is 7.51. The molecule has 5 nitrogen and oxygen atoms in total. The number of likely N-dealkylation sites (tertiary alicyclic amines) is 1. The number of carbonyl (C=O) groups is 1. The summed E-state index contributed by atoms with van der Waals surface area (Å²) < 4.78 is 10.8. The van der Waals surface area contributed by atoms with E-state index in [-0.39, 0.29) is 12.5 Å². The first-order valence-corrected chi connectivity index (χ1v) is 7.51.